The summed E-state index contributed by atoms with van der Waals surface area (Å²) < 4.78 is 0. The van der Waals surface area contributed by atoms with Crippen LogP contribution in [0.15, 0.2) is 23.3 Å². The molecular weight excluding hydrogens is 196 g/mol. The van der Waals surface area contributed by atoms with Crippen molar-refractivity contribution in [2.45, 2.75) is 40.0 Å². The Bertz CT molecular complexity index is 335. The summed E-state index contributed by atoms with van der Waals surface area (Å²) in [6.07, 6.45) is 9.13. The highest BCUT2D eigenvalue weighted by atomic mass is 16.1. The summed E-state index contributed by atoms with van der Waals surface area (Å²) in [4.78, 5) is 11.1. The first kappa shape index (κ1) is 11.6. The lowest BCUT2D eigenvalue weighted by molar-refractivity contribution is -0.105. The Morgan fingerprint density at radius 1 is 1.44 bits per heavy atom. The molecule has 1 nitrogen and oxygen atoms in total. The first-order chi connectivity index (χ1) is 7.63. The predicted octanol–water partition coefficient (Wildman–Crippen LogP) is 3.76. The normalized spacial score (nSPS) is 34.1. The number of carbonyl (C=O) groups is 1. The topological polar surface area (TPSA) is 17.1 Å². The Hall–Kier alpha value is -0.850. The lowest BCUT2D eigenvalue weighted by atomic mass is 9.64. The van der Waals surface area contributed by atoms with Crippen molar-refractivity contribution in [2.24, 2.45) is 23.7 Å². The Morgan fingerprint density at radius 3 is 2.81 bits per heavy atom. The van der Waals surface area contributed by atoms with Gasteiger partial charge in [-0.3, -0.25) is 4.79 Å². The van der Waals surface area contributed by atoms with Gasteiger partial charge >= 0.3 is 0 Å². The molecule has 1 heteroatoms. The monoisotopic (exact) mass is 218 g/mol. The van der Waals surface area contributed by atoms with E-state index in [1.807, 2.05) is 0 Å². The van der Waals surface area contributed by atoms with Gasteiger partial charge in [0.05, 0.1) is 0 Å². The van der Waals surface area contributed by atoms with Gasteiger partial charge in [0.1, 0.15) is 6.29 Å². The van der Waals surface area contributed by atoms with Gasteiger partial charge in [-0.05, 0) is 55.4 Å². The van der Waals surface area contributed by atoms with Gasteiger partial charge in [0.15, 0.2) is 0 Å². The predicted molar refractivity (Wildman–Crippen MR) is 67.1 cm³/mol. The van der Waals surface area contributed by atoms with E-state index in [2.05, 4.69) is 32.9 Å². The van der Waals surface area contributed by atoms with Crippen LogP contribution in [0.25, 0.3) is 0 Å². The highest BCUT2D eigenvalue weighted by molar-refractivity contribution is 5.74. The zero-order valence-corrected chi connectivity index (χ0v) is 10.6. The molecule has 0 N–H and O–H groups in total. The minimum atomic E-state index is 0.502. The summed E-state index contributed by atoms with van der Waals surface area (Å²) in [6, 6.07) is 0. The number of allylic oxidation sites excluding steroid dienone is 4. The van der Waals surface area contributed by atoms with Crippen LogP contribution in [0.1, 0.15) is 40.0 Å². The van der Waals surface area contributed by atoms with Crippen LogP contribution in [0.5, 0.6) is 0 Å². The Labute approximate surface area is 98.6 Å². The lowest BCUT2D eigenvalue weighted by Gasteiger charge is -2.40. The number of fused-ring (bicyclic) bond motifs is 1. The van der Waals surface area contributed by atoms with E-state index in [9.17, 15) is 4.79 Å². The zero-order chi connectivity index (χ0) is 11.7. The summed E-state index contributed by atoms with van der Waals surface area (Å²) >= 11 is 0. The highest BCUT2D eigenvalue weighted by Crippen LogP contribution is 2.44. The third-order valence-corrected chi connectivity index (χ3v) is 4.33. The molecule has 0 spiro atoms. The molecule has 0 aromatic carbocycles. The van der Waals surface area contributed by atoms with Crippen LogP contribution >= 0.6 is 0 Å². The van der Waals surface area contributed by atoms with Crippen LogP contribution in [-0.2, 0) is 4.79 Å². The molecule has 88 valence electrons. The largest absolute Gasteiger partial charge is 0.298 e. The van der Waals surface area contributed by atoms with Crippen molar-refractivity contribution in [3.63, 3.8) is 0 Å². The summed E-state index contributed by atoms with van der Waals surface area (Å²) in [7, 11) is 0. The average molecular weight is 218 g/mol. The second kappa shape index (κ2) is 4.57. The fourth-order valence-corrected chi connectivity index (χ4v) is 3.35. The molecule has 2 aliphatic rings. The lowest BCUT2D eigenvalue weighted by Crippen LogP contribution is -2.32. The van der Waals surface area contributed by atoms with E-state index in [4.69, 9.17) is 0 Å². The third kappa shape index (κ3) is 2.00. The summed E-state index contributed by atoms with van der Waals surface area (Å²) in [6.45, 7) is 6.84. The van der Waals surface area contributed by atoms with Gasteiger partial charge < -0.3 is 0 Å². The molecule has 0 saturated heterocycles. The molecule has 0 bridgehead atoms. The third-order valence-electron chi connectivity index (χ3n) is 4.33. The van der Waals surface area contributed by atoms with E-state index < -0.39 is 0 Å². The zero-order valence-electron chi connectivity index (χ0n) is 10.6. The fraction of sp³-hybridized carbons (Fsp3) is 0.667. The number of carbonyl (C=O) groups excluding carboxylic acids is 1. The Kier molecular flexibility index (Phi) is 3.32. The van der Waals surface area contributed by atoms with Gasteiger partial charge in [0.25, 0.3) is 0 Å². The molecule has 3 atom stereocenters. The van der Waals surface area contributed by atoms with Gasteiger partial charge in [-0.25, -0.2) is 0 Å². The van der Waals surface area contributed by atoms with Gasteiger partial charge in [-0.1, -0.05) is 31.6 Å². The minimum absolute atomic E-state index is 0.502. The smallest absolute Gasteiger partial charge is 0.146 e. The van der Waals surface area contributed by atoms with E-state index in [1.54, 1.807) is 0 Å². The number of aldehydes is 1. The second-order valence-corrected chi connectivity index (χ2v) is 5.70. The van der Waals surface area contributed by atoms with Gasteiger partial charge in [-0.2, -0.15) is 0 Å². The summed E-state index contributed by atoms with van der Waals surface area (Å²) in [5.74, 6) is 2.55. The van der Waals surface area contributed by atoms with Crippen molar-refractivity contribution in [3.8, 4) is 0 Å². The Balaban J connectivity index is 2.32. The summed E-state index contributed by atoms with van der Waals surface area (Å²) in [5, 5.41) is 0. The molecule has 0 unspecified atom stereocenters. The maximum absolute atomic E-state index is 11.1. The maximum Gasteiger partial charge on any atom is 0.146 e. The van der Waals surface area contributed by atoms with Gasteiger partial charge in [0.2, 0.25) is 0 Å². The van der Waals surface area contributed by atoms with Crippen LogP contribution in [0, 0.1) is 23.7 Å². The number of rotatable bonds is 2. The SMILES string of the molecule is CC1=C[C@@H]2[C@H](CC1)C(C=O)=CC[C@H]2C(C)C. The molecule has 16 heavy (non-hydrogen) atoms. The van der Waals surface area contributed by atoms with Crippen molar-refractivity contribution in [1.82, 2.24) is 0 Å². The van der Waals surface area contributed by atoms with Crippen molar-refractivity contribution >= 4 is 6.29 Å². The van der Waals surface area contributed by atoms with Crippen molar-refractivity contribution in [3.05, 3.63) is 23.3 Å². The number of hydrogen-bond acceptors (Lipinski definition) is 1. The van der Waals surface area contributed by atoms with Gasteiger partial charge in [-0.15, -0.1) is 0 Å². The minimum Gasteiger partial charge on any atom is -0.298 e. The van der Waals surface area contributed by atoms with Crippen LogP contribution in [-0.4, -0.2) is 6.29 Å². The first-order valence-corrected chi connectivity index (χ1v) is 6.46. The van der Waals surface area contributed by atoms with E-state index >= 15 is 0 Å². The molecule has 2 aliphatic carbocycles. The second-order valence-electron chi connectivity index (χ2n) is 5.70. The molecule has 0 amide bonds. The molecule has 0 radical (unpaired) electrons. The van der Waals surface area contributed by atoms with Crippen LogP contribution < -0.4 is 0 Å². The van der Waals surface area contributed by atoms with Crippen LogP contribution in [0.4, 0.5) is 0 Å². The van der Waals surface area contributed by atoms with Gasteiger partial charge in [0, 0.05) is 0 Å². The van der Waals surface area contributed by atoms with E-state index in [0.29, 0.717) is 17.8 Å². The fourth-order valence-electron chi connectivity index (χ4n) is 3.35. The molecule has 0 aliphatic heterocycles. The van der Waals surface area contributed by atoms with E-state index in [1.165, 1.54) is 12.0 Å². The van der Waals surface area contributed by atoms with Crippen molar-refractivity contribution in [2.75, 3.05) is 0 Å². The molecule has 0 aromatic heterocycles. The van der Waals surface area contributed by atoms with E-state index in [0.717, 1.165) is 30.6 Å². The highest BCUT2D eigenvalue weighted by Gasteiger charge is 2.36. The maximum atomic E-state index is 11.1. The number of hydrogen-bond donors (Lipinski definition) is 0. The standard InChI is InChI=1S/C15H22O/c1-10(2)13-7-5-12(9-16)14-6-4-11(3)8-15(13)14/h5,8-10,13-15H,4,6-7H2,1-3H3/t13-,14+,15-/m0/s1. The molecule has 0 saturated carbocycles. The molecule has 0 fully saturated rings. The quantitative estimate of drug-likeness (QED) is 0.509. The van der Waals surface area contributed by atoms with Crippen molar-refractivity contribution in [1.29, 1.82) is 0 Å². The molecular formula is C15H22O. The first-order valence-electron chi connectivity index (χ1n) is 6.46. The van der Waals surface area contributed by atoms with Crippen LogP contribution in [0.3, 0.4) is 0 Å². The summed E-state index contributed by atoms with van der Waals surface area (Å²) in [5.41, 5.74) is 2.57. The molecule has 0 heterocycles. The van der Waals surface area contributed by atoms with Crippen LogP contribution in [0.2, 0.25) is 0 Å². The molecule has 2 rings (SSSR count). The van der Waals surface area contributed by atoms with Crippen molar-refractivity contribution < 1.29 is 4.79 Å². The molecule has 0 aromatic rings. The average Bonchev–Trinajstić information content (AvgIpc) is 2.26. The van der Waals surface area contributed by atoms with E-state index in [-0.39, 0.29) is 0 Å². The Morgan fingerprint density at radius 2 is 2.19 bits per heavy atom.